The number of benzene rings is 1. The molecule has 1 aliphatic heterocycles. The first kappa shape index (κ1) is 13.8. The van der Waals surface area contributed by atoms with Crippen LogP contribution in [0.3, 0.4) is 0 Å². The van der Waals surface area contributed by atoms with Gasteiger partial charge in [-0.3, -0.25) is 9.13 Å². The lowest BCUT2D eigenvalue weighted by Crippen LogP contribution is -2.26. The second kappa shape index (κ2) is 5.65. The van der Waals surface area contributed by atoms with E-state index in [-0.39, 0.29) is 19.0 Å². The van der Waals surface area contributed by atoms with Gasteiger partial charge in [-0.25, -0.2) is 4.79 Å². The van der Waals surface area contributed by atoms with Crippen LogP contribution in [0.25, 0.3) is 0 Å². The van der Waals surface area contributed by atoms with Crippen LogP contribution in [0.5, 0.6) is 11.5 Å². The average Bonchev–Trinajstić information content (AvgIpc) is 3.08. The van der Waals surface area contributed by atoms with Crippen molar-refractivity contribution in [2.75, 3.05) is 6.79 Å². The topological polar surface area (TPSA) is 65.6 Å². The molecule has 0 bridgehead atoms. The molecule has 21 heavy (non-hydrogen) atoms. The lowest BCUT2D eigenvalue weighted by molar-refractivity contribution is 0.154. The van der Waals surface area contributed by atoms with Crippen molar-refractivity contribution in [3.05, 3.63) is 46.6 Å². The number of rotatable bonds is 5. The maximum absolute atomic E-state index is 12.1. The number of ether oxygens (including phenoxy) is 2. The van der Waals surface area contributed by atoms with E-state index in [2.05, 4.69) is 0 Å². The summed E-state index contributed by atoms with van der Waals surface area (Å²) in [6, 6.07) is 5.30. The highest BCUT2D eigenvalue weighted by molar-refractivity contribution is 5.45. The zero-order valence-corrected chi connectivity index (χ0v) is 11.9. The molecule has 0 saturated carbocycles. The predicted octanol–water partition coefficient (Wildman–Crippen LogP) is 1.52. The predicted molar refractivity (Wildman–Crippen MR) is 76.5 cm³/mol. The van der Waals surface area contributed by atoms with Crippen molar-refractivity contribution in [1.82, 2.24) is 9.13 Å². The maximum Gasteiger partial charge on any atom is 0.328 e. The Hall–Kier alpha value is -2.21. The van der Waals surface area contributed by atoms with E-state index in [9.17, 15) is 9.90 Å². The number of aliphatic hydroxyl groups is 1. The van der Waals surface area contributed by atoms with Gasteiger partial charge in [0.05, 0.1) is 12.6 Å². The first-order valence-corrected chi connectivity index (χ1v) is 7.02. The van der Waals surface area contributed by atoms with Crippen LogP contribution in [0, 0.1) is 0 Å². The highest BCUT2D eigenvalue weighted by atomic mass is 16.7. The van der Waals surface area contributed by atoms with Crippen molar-refractivity contribution in [2.24, 2.45) is 0 Å². The van der Waals surface area contributed by atoms with Gasteiger partial charge < -0.3 is 14.6 Å². The molecule has 0 fully saturated rings. The van der Waals surface area contributed by atoms with E-state index >= 15 is 0 Å². The van der Waals surface area contributed by atoms with Crippen LogP contribution < -0.4 is 15.2 Å². The van der Waals surface area contributed by atoms with Crippen molar-refractivity contribution in [1.29, 1.82) is 0 Å². The minimum absolute atomic E-state index is 0.100. The molecule has 1 aromatic heterocycles. The number of hydrogen-bond acceptors (Lipinski definition) is 4. The quantitative estimate of drug-likeness (QED) is 0.906. The van der Waals surface area contributed by atoms with Crippen molar-refractivity contribution in [3.63, 3.8) is 0 Å². The lowest BCUT2D eigenvalue weighted by atomic mass is 10.1. The monoisotopic (exact) mass is 290 g/mol. The fraction of sp³-hybridized carbons (Fsp3) is 0.400. The van der Waals surface area contributed by atoms with Crippen molar-refractivity contribution < 1.29 is 14.6 Å². The summed E-state index contributed by atoms with van der Waals surface area (Å²) in [5.74, 6) is 1.31. The van der Waals surface area contributed by atoms with Crippen LogP contribution in [0.15, 0.2) is 35.4 Å². The minimum Gasteiger partial charge on any atom is -0.454 e. The van der Waals surface area contributed by atoms with Gasteiger partial charge in [0.25, 0.3) is 0 Å². The largest absolute Gasteiger partial charge is 0.454 e. The van der Waals surface area contributed by atoms with E-state index in [1.165, 1.54) is 4.57 Å². The molecule has 1 aliphatic rings. The third-order valence-corrected chi connectivity index (χ3v) is 3.53. The van der Waals surface area contributed by atoms with Crippen LogP contribution in [0.4, 0.5) is 0 Å². The molecule has 6 heteroatoms. The summed E-state index contributed by atoms with van der Waals surface area (Å²) in [4.78, 5) is 12.1. The molecular weight excluding hydrogens is 272 g/mol. The molecule has 3 rings (SSSR count). The van der Waals surface area contributed by atoms with Gasteiger partial charge in [-0.05, 0) is 24.1 Å². The summed E-state index contributed by atoms with van der Waals surface area (Å²) in [7, 11) is 0. The summed E-state index contributed by atoms with van der Waals surface area (Å²) in [5, 5.41) is 10.3. The zero-order valence-electron chi connectivity index (χ0n) is 11.9. The Morgan fingerprint density at radius 2 is 2.00 bits per heavy atom. The van der Waals surface area contributed by atoms with Crippen LogP contribution in [0.1, 0.15) is 25.0 Å². The smallest absolute Gasteiger partial charge is 0.328 e. The van der Waals surface area contributed by atoms with Crippen LogP contribution in [0.2, 0.25) is 0 Å². The van der Waals surface area contributed by atoms with Crippen molar-refractivity contribution >= 4 is 0 Å². The van der Waals surface area contributed by atoms with Gasteiger partial charge >= 0.3 is 5.69 Å². The van der Waals surface area contributed by atoms with Crippen LogP contribution in [-0.2, 0) is 13.1 Å². The van der Waals surface area contributed by atoms with E-state index in [1.54, 1.807) is 35.2 Å². The first-order valence-electron chi connectivity index (χ1n) is 7.02. The van der Waals surface area contributed by atoms with Gasteiger partial charge in [-0.1, -0.05) is 13.0 Å². The van der Waals surface area contributed by atoms with E-state index in [0.29, 0.717) is 23.6 Å². The molecular formula is C15H18N2O4. The SMILES string of the molecule is CCCn1ccn(CC(O)c2ccc3c(c2)OCO3)c1=O. The molecule has 1 atom stereocenters. The highest BCUT2D eigenvalue weighted by Gasteiger charge is 2.17. The summed E-state index contributed by atoms with van der Waals surface area (Å²) >= 11 is 0. The molecule has 1 N–H and O–H groups in total. The maximum atomic E-state index is 12.1. The summed E-state index contributed by atoms with van der Waals surface area (Å²) < 4.78 is 13.7. The first-order chi connectivity index (χ1) is 10.2. The number of aromatic nitrogens is 2. The molecule has 1 unspecified atom stereocenters. The Bertz CT molecular complexity index is 689. The van der Waals surface area contributed by atoms with E-state index in [1.807, 2.05) is 6.92 Å². The van der Waals surface area contributed by atoms with Gasteiger partial charge in [-0.15, -0.1) is 0 Å². The average molecular weight is 290 g/mol. The molecule has 112 valence electrons. The number of aliphatic hydroxyl groups excluding tert-OH is 1. The third kappa shape index (κ3) is 2.67. The molecule has 0 amide bonds. The number of aryl methyl sites for hydroxylation is 1. The van der Waals surface area contributed by atoms with E-state index in [0.717, 1.165) is 6.42 Å². The normalized spacial score (nSPS) is 14.4. The molecule has 6 nitrogen and oxygen atoms in total. The second-order valence-electron chi connectivity index (χ2n) is 5.05. The molecule has 0 aliphatic carbocycles. The van der Waals surface area contributed by atoms with Crippen molar-refractivity contribution in [2.45, 2.75) is 32.5 Å². The molecule has 0 radical (unpaired) electrons. The summed E-state index contributed by atoms with van der Waals surface area (Å²) in [5.41, 5.74) is 0.603. The molecule has 2 heterocycles. The lowest BCUT2D eigenvalue weighted by Gasteiger charge is -2.12. The van der Waals surface area contributed by atoms with Gasteiger partial charge in [-0.2, -0.15) is 0 Å². The Kier molecular flexibility index (Phi) is 3.70. The fourth-order valence-corrected chi connectivity index (χ4v) is 2.42. The standard InChI is InChI=1S/C15H18N2O4/c1-2-5-16-6-7-17(15(16)19)9-12(18)11-3-4-13-14(8-11)21-10-20-13/h3-4,6-8,12,18H,2,5,9-10H2,1H3. The number of hydrogen-bond donors (Lipinski definition) is 1. The Morgan fingerprint density at radius 1 is 1.24 bits per heavy atom. The molecule has 2 aromatic rings. The number of fused-ring (bicyclic) bond motifs is 1. The highest BCUT2D eigenvalue weighted by Crippen LogP contribution is 2.34. The van der Waals surface area contributed by atoms with Gasteiger partial charge in [0, 0.05) is 18.9 Å². The second-order valence-corrected chi connectivity index (χ2v) is 5.05. The van der Waals surface area contributed by atoms with Gasteiger partial charge in [0.2, 0.25) is 6.79 Å². The molecule has 0 spiro atoms. The summed E-state index contributed by atoms with van der Waals surface area (Å²) in [6.45, 7) is 3.13. The zero-order chi connectivity index (χ0) is 14.8. The number of nitrogens with zero attached hydrogens (tertiary/aromatic N) is 2. The van der Waals surface area contributed by atoms with E-state index < -0.39 is 6.10 Å². The van der Waals surface area contributed by atoms with Gasteiger partial charge in [0.15, 0.2) is 11.5 Å². The third-order valence-electron chi connectivity index (χ3n) is 3.53. The summed E-state index contributed by atoms with van der Waals surface area (Å²) in [6.07, 6.45) is 3.58. The van der Waals surface area contributed by atoms with E-state index in [4.69, 9.17) is 9.47 Å². The van der Waals surface area contributed by atoms with Crippen LogP contribution >= 0.6 is 0 Å². The van der Waals surface area contributed by atoms with Crippen LogP contribution in [-0.4, -0.2) is 21.0 Å². The molecule has 1 aromatic carbocycles. The minimum atomic E-state index is -0.769. The number of imidazole rings is 1. The Morgan fingerprint density at radius 3 is 2.81 bits per heavy atom. The fourth-order valence-electron chi connectivity index (χ4n) is 2.42. The Labute approximate surface area is 122 Å². The van der Waals surface area contributed by atoms with Gasteiger partial charge in [0.1, 0.15) is 0 Å². The molecule has 0 saturated heterocycles. The Balaban J connectivity index is 1.77. The van der Waals surface area contributed by atoms with Crippen molar-refractivity contribution in [3.8, 4) is 11.5 Å².